The van der Waals surface area contributed by atoms with Crippen molar-refractivity contribution in [3.63, 3.8) is 0 Å². The smallest absolute Gasteiger partial charge is 0.134 e. The number of benzene rings is 9. The Balaban J connectivity index is 0.981. The molecule has 0 amide bonds. The quantitative estimate of drug-likeness (QED) is 0.166. The lowest BCUT2D eigenvalue weighted by Crippen LogP contribution is -2.09. The van der Waals surface area contributed by atoms with Crippen LogP contribution in [0.25, 0.3) is 77.0 Å². The Labute approximate surface area is 314 Å². The van der Waals surface area contributed by atoms with E-state index >= 15 is 0 Å². The third-order valence-electron chi connectivity index (χ3n) is 10.6. The molecule has 0 fully saturated rings. The van der Waals surface area contributed by atoms with E-state index in [1.165, 1.54) is 54.9 Å². The number of fused-ring (bicyclic) bond motifs is 3. The summed E-state index contributed by atoms with van der Waals surface area (Å²) in [5.41, 5.74) is 13.6. The van der Waals surface area contributed by atoms with Crippen molar-refractivity contribution in [2.24, 2.45) is 0 Å². The molecule has 10 rings (SSSR count). The Bertz CT molecular complexity index is 2900. The Morgan fingerprint density at radius 1 is 0.296 bits per heavy atom. The van der Waals surface area contributed by atoms with Crippen LogP contribution in [0.3, 0.4) is 0 Å². The van der Waals surface area contributed by atoms with E-state index in [2.05, 4.69) is 199 Å². The summed E-state index contributed by atoms with van der Waals surface area (Å²) in [6.07, 6.45) is 1.86. The van der Waals surface area contributed by atoms with E-state index in [9.17, 15) is 0 Å². The van der Waals surface area contributed by atoms with Gasteiger partial charge in [-0.2, -0.15) is 0 Å². The summed E-state index contributed by atoms with van der Waals surface area (Å²) in [5, 5.41) is 6.13. The molecule has 0 aliphatic heterocycles. The van der Waals surface area contributed by atoms with Crippen LogP contribution in [0.2, 0.25) is 0 Å². The molecule has 10 aromatic rings. The van der Waals surface area contributed by atoms with Crippen LogP contribution in [-0.2, 0) is 0 Å². The van der Waals surface area contributed by atoms with Crippen molar-refractivity contribution in [2.45, 2.75) is 0 Å². The van der Waals surface area contributed by atoms with E-state index in [4.69, 9.17) is 4.42 Å². The predicted octanol–water partition coefficient (Wildman–Crippen LogP) is 14.9. The molecule has 0 N–H and O–H groups in total. The van der Waals surface area contributed by atoms with E-state index < -0.39 is 0 Å². The van der Waals surface area contributed by atoms with Gasteiger partial charge in [0.25, 0.3) is 0 Å². The Hall–Kier alpha value is -7.16. The van der Waals surface area contributed by atoms with Crippen LogP contribution in [0.4, 0.5) is 17.1 Å². The van der Waals surface area contributed by atoms with Crippen molar-refractivity contribution in [2.75, 3.05) is 4.90 Å². The number of hydrogen-bond donors (Lipinski definition) is 0. The van der Waals surface area contributed by atoms with Gasteiger partial charge in [0, 0.05) is 28.0 Å². The van der Waals surface area contributed by atoms with Crippen LogP contribution >= 0.6 is 0 Å². The maximum Gasteiger partial charge on any atom is 0.134 e. The molecule has 0 unspecified atom stereocenters. The monoisotopic (exact) mass is 689 g/mol. The van der Waals surface area contributed by atoms with Gasteiger partial charge in [0.05, 0.1) is 6.26 Å². The first-order valence-corrected chi connectivity index (χ1v) is 18.4. The number of hydrogen-bond acceptors (Lipinski definition) is 2. The van der Waals surface area contributed by atoms with Gasteiger partial charge in [-0.05, 0) is 115 Å². The van der Waals surface area contributed by atoms with Crippen LogP contribution in [0.1, 0.15) is 0 Å². The van der Waals surface area contributed by atoms with Gasteiger partial charge in [-0.15, -0.1) is 0 Å². The molecule has 9 aromatic carbocycles. The molecule has 0 saturated carbocycles. The summed E-state index contributed by atoms with van der Waals surface area (Å²) in [5.74, 6) is 0. The van der Waals surface area contributed by atoms with E-state index in [0.717, 1.165) is 39.2 Å². The summed E-state index contributed by atoms with van der Waals surface area (Å²) >= 11 is 0. The van der Waals surface area contributed by atoms with Gasteiger partial charge in [0.15, 0.2) is 0 Å². The van der Waals surface area contributed by atoms with E-state index in [1.807, 2.05) is 18.4 Å². The first kappa shape index (κ1) is 31.6. The zero-order chi connectivity index (χ0) is 35.8. The lowest BCUT2D eigenvalue weighted by molar-refractivity contribution is 0.617. The Kier molecular flexibility index (Phi) is 7.85. The second-order valence-electron chi connectivity index (χ2n) is 13.8. The third-order valence-corrected chi connectivity index (χ3v) is 10.6. The van der Waals surface area contributed by atoms with Crippen molar-refractivity contribution in [3.8, 4) is 44.5 Å². The first-order valence-electron chi connectivity index (χ1n) is 18.4. The number of anilines is 3. The predicted molar refractivity (Wildman–Crippen MR) is 228 cm³/mol. The topological polar surface area (TPSA) is 16.4 Å². The van der Waals surface area contributed by atoms with E-state index in [-0.39, 0.29) is 0 Å². The van der Waals surface area contributed by atoms with Crippen LogP contribution < -0.4 is 4.90 Å². The van der Waals surface area contributed by atoms with Crippen molar-refractivity contribution in [1.29, 1.82) is 0 Å². The third kappa shape index (κ3) is 5.90. The molecule has 0 bridgehead atoms. The SMILES string of the molecule is c1ccc2cc(-c3ccc(-c4ccc(N(c5ccc(-c6ccc7ccccc7c6)cc5)c5ccc(-c6coc7ccccc67)cc5)cc4)cc3)ccc2c1. The second kappa shape index (κ2) is 13.4. The molecular weight excluding hydrogens is 655 g/mol. The summed E-state index contributed by atoms with van der Waals surface area (Å²) in [4.78, 5) is 2.33. The van der Waals surface area contributed by atoms with Crippen LogP contribution in [0, 0.1) is 0 Å². The van der Waals surface area contributed by atoms with Crippen molar-refractivity contribution >= 4 is 49.6 Å². The number of para-hydroxylation sites is 1. The molecule has 0 saturated heterocycles. The van der Waals surface area contributed by atoms with Crippen LogP contribution in [-0.4, -0.2) is 0 Å². The van der Waals surface area contributed by atoms with Gasteiger partial charge < -0.3 is 9.32 Å². The highest BCUT2D eigenvalue weighted by atomic mass is 16.3. The van der Waals surface area contributed by atoms with Crippen molar-refractivity contribution in [3.05, 3.63) is 213 Å². The normalized spacial score (nSPS) is 11.3. The highest BCUT2D eigenvalue weighted by molar-refractivity contribution is 5.95. The highest BCUT2D eigenvalue weighted by Crippen LogP contribution is 2.39. The standard InChI is InChI=1S/C52H35NO/c1-3-9-43-33-45(19-17-36(43)7-1)40-15-13-38(14-16-40)39-21-27-47(28-22-39)53(49-31-25-42(26-32-49)51-35-54-52-12-6-5-11-50(51)52)48-29-23-41(24-30-48)46-20-18-37-8-2-4-10-44(37)34-46/h1-35H. The fourth-order valence-electron chi connectivity index (χ4n) is 7.64. The lowest BCUT2D eigenvalue weighted by Gasteiger charge is -2.26. The average molecular weight is 690 g/mol. The van der Waals surface area contributed by atoms with Gasteiger partial charge in [0.2, 0.25) is 0 Å². The Morgan fingerprint density at radius 3 is 1.17 bits per heavy atom. The largest absolute Gasteiger partial charge is 0.464 e. The summed E-state index contributed by atoms with van der Waals surface area (Å²) < 4.78 is 5.87. The number of rotatable bonds is 7. The lowest BCUT2D eigenvalue weighted by atomic mass is 9.98. The molecule has 0 spiro atoms. The fourth-order valence-corrected chi connectivity index (χ4v) is 7.64. The van der Waals surface area contributed by atoms with Gasteiger partial charge in [0.1, 0.15) is 5.58 Å². The molecule has 0 aliphatic rings. The van der Waals surface area contributed by atoms with Crippen molar-refractivity contribution < 1.29 is 4.42 Å². The van der Waals surface area contributed by atoms with Gasteiger partial charge in [-0.1, -0.05) is 152 Å². The van der Waals surface area contributed by atoms with Crippen molar-refractivity contribution in [1.82, 2.24) is 0 Å². The molecule has 2 nitrogen and oxygen atoms in total. The number of nitrogens with zero attached hydrogens (tertiary/aromatic N) is 1. The Morgan fingerprint density at radius 2 is 0.667 bits per heavy atom. The molecule has 0 atom stereocenters. The highest BCUT2D eigenvalue weighted by Gasteiger charge is 2.15. The minimum absolute atomic E-state index is 0.896. The second-order valence-corrected chi connectivity index (χ2v) is 13.8. The minimum Gasteiger partial charge on any atom is -0.464 e. The van der Waals surface area contributed by atoms with E-state index in [0.29, 0.717) is 0 Å². The zero-order valence-electron chi connectivity index (χ0n) is 29.6. The molecule has 2 heteroatoms. The molecule has 0 aliphatic carbocycles. The molecule has 1 heterocycles. The average Bonchev–Trinajstić information content (AvgIpc) is 3.69. The molecule has 0 radical (unpaired) electrons. The molecule has 1 aromatic heterocycles. The molecule has 54 heavy (non-hydrogen) atoms. The van der Waals surface area contributed by atoms with Crippen LogP contribution in [0.15, 0.2) is 217 Å². The van der Waals surface area contributed by atoms with Gasteiger partial charge in [-0.25, -0.2) is 0 Å². The first-order chi connectivity index (χ1) is 26.7. The van der Waals surface area contributed by atoms with Gasteiger partial charge in [-0.3, -0.25) is 0 Å². The van der Waals surface area contributed by atoms with E-state index in [1.54, 1.807) is 0 Å². The fraction of sp³-hybridized carbons (Fsp3) is 0. The summed E-state index contributed by atoms with van der Waals surface area (Å²) in [6, 6.07) is 74.1. The summed E-state index contributed by atoms with van der Waals surface area (Å²) in [6.45, 7) is 0. The minimum atomic E-state index is 0.896. The summed E-state index contributed by atoms with van der Waals surface area (Å²) in [7, 11) is 0. The zero-order valence-corrected chi connectivity index (χ0v) is 29.6. The maximum atomic E-state index is 5.87. The molecular formula is C52H35NO. The van der Waals surface area contributed by atoms with Gasteiger partial charge >= 0.3 is 0 Å². The molecule has 254 valence electrons. The maximum absolute atomic E-state index is 5.87. The number of furan rings is 1. The van der Waals surface area contributed by atoms with Crippen LogP contribution in [0.5, 0.6) is 0 Å².